The highest BCUT2D eigenvalue weighted by atomic mass is 35.5. The highest BCUT2D eigenvalue weighted by Crippen LogP contribution is 2.50. The monoisotopic (exact) mass is 477 g/mol. The summed E-state index contributed by atoms with van der Waals surface area (Å²) in [5.74, 6) is 0.369. The number of nitrogens with one attached hydrogen (secondary N) is 1. The van der Waals surface area contributed by atoms with E-state index in [9.17, 15) is 10.2 Å². The van der Waals surface area contributed by atoms with Crippen LogP contribution in [-0.2, 0) is 10.8 Å². The summed E-state index contributed by atoms with van der Waals surface area (Å²) in [6, 6.07) is 9.76. The first-order valence-corrected chi connectivity index (χ1v) is 11.8. The van der Waals surface area contributed by atoms with Crippen LogP contribution in [0, 0.1) is 13.8 Å². The van der Waals surface area contributed by atoms with E-state index in [-0.39, 0.29) is 22.3 Å². The molecular formula is C28H32ClN3O2. The SMILES string of the molecule is Cc1cc(-c2cc3n[nH]nc3c(Cl)c2-c2cc(C)cc(C(C)(C)C)c2O)c(O)c(C(C)(C)C)c1. The van der Waals surface area contributed by atoms with E-state index in [1.807, 2.05) is 44.2 Å². The molecule has 3 N–H and O–H groups in total. The molecule has 0 saturated carbocycles. The molecule has 0 aliphatic carbocycles. The molecule has 0 fully saturated rings. The number of rotatable bonds is 2. The largest absolute Gasteiger partial charge is 0.507 e. The topological polar surface area (TPSA) is 82.0 Å². The van der Waals surface area contributed by atoms with Crippen LogP contribution in [-0.4, -0.2) is 25.6 Å². The molecule has 0 atom stereocenters. The van der Waals surface area contributed by atoms with Crippen LogP contribution in [0.15, 0.2) is 30.3 Å². The fraction of sp³-hybridized carbons (Fsp3) is 0.357. The molecular weight excluding hydrogens is 446 g/mol. The number of aromatic hydroxyl groups is 2. The molecule has 0 amide bonds. The van der Waals surface area contributed by atoms with Crippen LogP contribution in [0.25, 0.3) is 33.3 Å². The van der Waals surface area contributed by atoms with Crippen LogP contribution in [0.3, 0.4) is 0 Å². The number of nitrogens with zero attached hydrogens (tertiary/aromatic N) is 2. The van der Waals surface area contributed by atoms with Crippen molar-refractivity contribution in [2.24, 2.45) is 0 Å². The molecule has 1 aromatic heterocycles. The van der Waals surface area contributed by atoms with Gasteiger partial charge in [-0.2, -0.15) is 15.4 Å². The number of hydrogen-bond acceptors (Lipinski definition) is 4. The second-order valence-electron chi connectivity index (χ2n) is 11.2. The molecule has 0 saturated heterocycles. The Kier molecular flexibility index (Phi) is 5.68. The van der Waals surface area contributed by atoms with E-state index in [4.69, 9.17) is 11.6 Å². The molecule has 0 spiro atoms. The Labute approximate surface area is 205 Å². The maximum atomic E-state index is 11.5. The standard InChI is InChI=1S/C28H32ClN3O2/c1-14-9-17(25(33)19(11-14)27(3,4)5)16-13-21-24(31-32-30-21)23(29)22(16)18-10-15(2)12-20(26(18)34)28(6,7)8/h9-13,33-34H,1-8H3,(H,30,31,32). The van der Waals surface area contributed by atoms with E-state index in [0.29, 0.717) is 38.3 Å². The van der Waals surface area contributed by atoms with Crippen molar-refractivity contribution in [1.29, 1.82) is 0 Å². The Morgan fingerprint density at radius 1 is 0.706 bits per heavy atom. The Morgan fingerprint density at radius 3 is 1.74 bits per heavy atom. The number of hydrogen-bond donors (Lipinski definition) is 3. The Bertz CT molecular complexity index is 1420. The van der Waals surface area contributed by atoms with Crippen LogP contribution in [0.4, 0.5) is 0 Å². The molecule has 4 aromatic rings. The molecule has 5 nitrogen and oxygen atoms in total. The van der Waals surface area contributed by atoms with Crippen molar-refractivity contribution in [2.45, 2.75) is 66.2 Å². The summed E-state index contributed by atoms with van der Waals surface area (Å²) in [5, 5.41) is 34.4. The molecule has 4 rings (SSSR count). The number of fused-ring (bicyclic) bond motifs is 1. The van der Waals surface area contributed by atoms with Crippen LogP contribution >= 0.6 is 11.6 Å². The molecule has 0 bridgehead atoms. The number of phenols is 2. The third-order valence-corrected chi connectivity index (χ3v) is 6.60. The number of aromatic nitrogens is 3. The predicted octanol–water partition coefficient (Wildman–Crippen LogP) is 7.57. The second kappa shape index (κ2) is 8.02. The van der Waals surface area contributed by atoms with Crippen molar-refractivity contribution >= 4 is 22.6 Å². The maximum absolute atomic E-state index is 11.5. The summed E-state index contributed by atoms with van der Waals surface area (Å²) >= 11 is 6.97. The lowest BCUT2D eigenvalue weighted by atomic mass is 9.80. The smallest absolute Gasteiger partial charge is 0.132 e. The molecule has 0 radical (unpaired) electrons. The van der Waals surface area contributed by atoms with E-state index in [0.717, 1.165) is 22.3 Å². The molecule has 3 aromatic carbocycles. The first-order valence-electron chi connectivity index (χ1n) is 11.4. The minimum atomic E-state index is -0.277. The van der Waals surface area contributed by atoms with Gasteiger partial charge in [0.1, 0.15) is 22.5 Å². The Morgan fingerprint density at radius 2 is 1.21 bits per heavy atom. The van der Waals surface area contributed by atoms with E-state index in [1.165, 1.54) is 0 Å². The molecule has 1 heterocycles. The van der Waals surface area contributed by atoms with E-state index in [2.05, 4.69) is 57.0 Å². The number of halogens is 1. The fourth-order valence-electron chi connectivity index (χ4n) is 4.52. The van der Waals surface area contributed by atoms with Gasteiger partial charge in [0.15, 0.2) is 0 Å². The van der Waals surface area contributed by atoms with Gasteiger partial charge in [0.05, 0.1) is 5.02 Å². The third-order valence-electron chi connectivity index (χ3n) is 6.24. The zero-order valence-corrected chi connectivity index (χ0v) is 21.8. The normalized spacial score (nSPS) is 12.5. The number of H-pyrrole nitrogens is 1. The van der Waals surface area contributed by atoms with Crippen LogP contribution in [0.2, 0.25) is 5.02 Å². The van der Waals surface area contributed by atoms with Crippen molar-refractivity contribution in [1.82, 2.24) is 15.4 Å². The van der Waals surface area contributed by atoms with Gasteiger partial charge in [-0.1, -0.05) is 65.3 Å². The van der Waals surface area contributed by atoms with Gasteiger partial charge >= 0.3 is 0 Å². The van der Waals surface area contributed by atoms with Gasteiger partial charge in [-0.25, -0.2) is 0 Å². The zero-order valence-electron chi connectivity index (χ0n) is 21.1. The van der Waals surface area contributed by atoms with Gasteiger partial charge in [0.2, 0.25) is 0 Å². The molecule has 0 aliphatic heterocycles. The van der Waals surface area contributed by atoms with Crippen LogP contribution in [0.1, 0.15) is 63.8 Å². The van der Waals surface area contributed by atoms with Crippen LogP contribution < -0.4 is 0 Å². The quantitative estimate of drug-likeness (QED) is 0.278. The average molecular weight is 478 g/mol. The first-order chi connectivity index (χ1) is 15.7. The molecule has 178 valence electrons. The minimum Gasteiger partial charge on any atom is -0.507 e. The van der Waals surface area contributed by atoms with Gasteiger partial charge in [-0.15, -0.1) is 0 Å². The summed E-state index contributed by atoms with van der Waals surface area (Å²) in [7, 11) is 0. The van der Waals surface area contributed by atoms with Crippen molar-refractivity contribution in [3.8, 4) is 33.8 Å². The van der Waals surface area contributed by atoms with Gasteiger partial charge in [0, 0.05) is 27.8 Å². The van der Waals surface area contributed by atoms with Crippen molar-refractivity contribution in [2.75, 3.05) is 0 Å². The van der Waals surface area contributed by atoms with Gasteiger partial charge in [-0.3, -0.25) is 0 Å². The first kappa shape index (κ1) is 24.1. The molecule has 34 heavy (non-hydrogen) atoms. The Balaban J connectivity index is 2.17. The number of aryl methyl sites for hydroxylation is 2. The number of phenolic OH excluding ortho intramolecular Hbond substituents is 2. The van der Waals surface area contributed by atoms with Gasteiger partial charge < -0.3 is 10.2 Å². The molecule has 0 aliphatic rings. The Hall–Kier alpha value is -3.05. The third kappa shape index (κ3) is 4.03. The molecule has 0 unspecified atom stereocenters. The van der Waals surface area contributed by atoms with Gasteiger partial charge in [-0.05, 0) is 59.6 Å². The van der Waals surface area contributed by atoms with E-state index in [1.54, 1.807) is 0 Å². The predicted molar refractivity (Wildman–Crippen MR) is 140 cm³/mol. The lowest BCUT2D eigenvalue weighted by Crippen LogP contribution is -2.12. The number of benzene rings is 3. The number of aromatic amines is 1. The van der Waals surface area contributed by atoms with E-state index >= 15 is 0 Å². The van der Waals surface area contributed by atoms with E-state index < -0.39 is 0 Å². The van der Waals surface area contributed by atoms with Crippen molar-refractivity contribution < 1.29 is 10.2 Å². The highest BCUT2D eigenvalue weighted by Gasteiger charge is 2.28. The summed E-state index contributed by atoms with van der Waals surface area (Å²) in [6.07, 6.45) is 0. The summed E-state index contributed by atoms with van der Waals surface area (Å²) < 4.78 is 0. The summed E-state index contributed by atoms with van der Waals surface area (Å²) in [5.41, 5.74) is 6.81. The summed E-state index contributed by atoms with van der Waals surface area (Å²) in [4.78, 5) is 0. The van der Waals surface area contributed by atoms with Crippen molar-refractivity contribution in [3.63, 3.8) is 0 Å². The van der Waals surface area contributed by atoms with Crippen LogP contribution in [0.5, 0.6) is 11.5 Å². The highest BCUT2D eigenvalue weighted by molar-refractivity contribution is 6.38. The lowest BCUT2D eigenvalue weighted by Gasteiger charge is -2.25. The lowest BCUT2D eigenvalue weighted by molar-refractivity contribution is 0.447. The second-order valence-corrected chi connectivity index (χ2v) is 11.6. The fourth-order valence-corrected chi connectivity index (χ4v) is 4.86. The zero-order chi connectivity index (χ0) is 25.2. The average Bonchev–Trinajstić information content (AvgIpc) is 3.18. The van der Waals surface area contributed by atoms with Gasteiger partial charge in [0.25, 0.3) is 0 Å². The van der Waals surface area contributed by atoms with Crippen molar-refractivity contribution in [3.05, 3.63) is 57.6 Å². The maximum Gasteiger partial charge on any atom is 0.132 e. The minimum absolute atomic E-state index is 0.173. The summed E-state index contributed by atoms with van der Waals surface area (Å²) in [6.45, 7) is 16.4. The molecule has 6 heteroatoms.